The molecule has 0 amide bonds. The summed E-state index contributed by atoms with van der Waals surface area (Å²) in [6.45, 7) is 8.26. The van der Waals surface area contributed by atoms with Crippen molar-refractivity contribution in [1.82, 2.24) is 0 Å². The lowest BCUT2D eigenvalue weighted by atomic mass is 9.61. The van der Waals surface area contributed by atoms with Crippen LogP contribution >= 0.6 is 0 Å². The Balaban J connectivity index is 1.83. The van der Waals surface area contributed by atoms with Gasteiger partial charge in [0.2, 0.25) is 0 Å². The van der Waals surface area contributed by atoms with E-state index in [2.05, 4.69) is 38.1 Å². The number of aromatic hydroxyl groups is 2. The van der Waals surface area contributed by atoms with E-state index in [1.165, 1.54) is 36.8 Å². The van der Waals surface area contributed by atoms with E-state index in [0.29, 0.717) is 17.4 Å². The molecule has 2 aromatic carbocycles. The van der Waals surface area contributed by atoms with Crippen molar-refractivity contribution >= 4 is 0 Å². The van der Waals surface area contributed by atoms with Gasteiger partial charge < -0.3 is 10.2 Å². The third-order valence-electron chi connectivity index (χ3n) is 8.38. The monoisotopic (exact) mass is 376 g/mol. The number of hydrogen-bond donors (Lipinski definition) is 2. The van der Waals surface area contributed by atoms with Gasteiger partial charge in [0.05, 0.1) is 0 Å². The highest BCUT2D eigenvalue weighted by Crippen LogP contribution is 2.69. The van der Waals surface area contributed by atoms with Gasteiger partial charge in [0.25, 0.3) is 0 Å². The van der Waals surface area contributed by atoms with Crippen LogP contribution in [0.2, 0.25) is 0 Å². The maximum atomic E-state index is 11.2. The first kappa shape index (κ1) is 18.1. The largest absolute Gasteiger partial charge is 0.507 e. The second kappa shape index (κ2) is 6.02. The van der Waals surface area contributed by atoms with Crippen LogP contribution in [-0.2, 0) is 5.41 Å². The van der Waals surface area contributed by atoms with Crippen molar-refractivity contribution in [2.75, 3.05) is 0 Å². The second-order valence-electron chi connectivity index (χ2n) is 9.99. The molecule has 0 spiro atoms. The van der Waals surface area contributed by atoms with Crippen molar-refractivity contribution in [2.45, 2.75) is 65.2 Å². The van der Waals surface area contributed by atoms with Crippen LogP contribution in [0.25, 0.3) is 0 Å². The zero-order chi connectivity index (χ0) is 19.8. The zero-order valence-electron chi connectivity index (χ0n) is 17.5. The first-order valence-corrected chi connectivity index (χ1v) is 10.9. The summed E-state index contributed by atoms with van der Waals surface area (Å²) in [7, 11) is 0. The molecule has 3 fully saturated rings. The molecular weight excluding hydrogens is 344 g/mol. The molecule has 0 radical (unpaired) electrons. The molecule has 4 atom stereocenters. The van der Waals surface area contributed by atoms with Gasteiger partial charge in [-0.05, 0) is 94.6 Å². The molecule has 148 valence electrons. The molecule has 0 aliphatic heterocycles. The molecule has 2 aromatic rings. The Morgan fingerprint density at radius 1 is 0.750 bits per heavy atom. The van der Waals surface area contributed by atoms with E-state index in [4.69, 9.17) is 0 Å². The van der Waals surface area contributed by atoms with Crippen LogP contribution in [0.3, 0.4) is 0 Å². The first-order valence-electron chi connectivity index (χ1n) is 10.9. The Morgan fingerprint density at radius 3 is 1.86 bits per heavy atom. The number of phenols is 2. The third kappa shape index (κ3) is 2.27. The quantitative estimate of drug-likeness (QED) is 0.667. The summed E-state index contributed by atoms with van der Waals surface area (Å²) < 4.78 is 0. The lowest BCUT2D eigenvalue weighted by Crippen LogP contribution is -2.38. The van der Waals surface area contributed by atoms with Gasteiger partial charge in [0.15, 0.2) is 0 Å². The number of phenolic OH excluding ortho intramolecular Hbond substituents is 2. The van der Waals surface area contributed by atoms with E-state index >= 15 is 0 Å². The Hall–Kier alpha value is -1.96. The van der Waals surface area contributed by atoms with Crippen molar-refractivity contribution in [3.8, 4) is 11.5 Å². The van der Waals surface area contributed by atoms with Gasteiger partial charge in [-0.25, -0.2) is 0 Å². The molecule has 2 bridgehead atoms. The molecular formula is C26H32O2. The summed E-state index contributed by atoms with van der Waals surface area (Å²) >= 11 is 0. The number of hydrogen-bond acceptors (Lipinski definition) is 2. The van der Waals surface area contributed by atoms with E-state index in [0.717, 1.165) is 46.4 Å². The second-order valence-corrected chi connectivity index (χ2v) is 9.99. The minimum atomic E-state index is -0.272. The SMILES string of the molecule is Cc1cc(C)c(O)c(C2(c3cc(C)cc(C)c3O)CCC3C4CCC(C4)C32)c1. The Bertz CT molecular complexity index is 900. The van der Waals surface area contributed by atoms with Crippen molar-refractivity contribution < 1.29 is 10.2 Å². The van der Waals surface area contributed by atoms with Gasteiger partial charge >= 0.3 is 0 Å². The van der Waals surface area contributed by atoms with Crippen molar-refractivity contribution in [3.63, 3.8) is 0 Å². The minimum Gasteiger partial charge on any atom is -0.507 e. The van der Waals surface area contributed by atoms with E-state index in [9.17, 15) is 10.2 Å². The van der Waals surface area contributed by atoms with E-state index in [-0.39, 0.29) is 5.41 Å². The van der Waals surface area contributed by atoms with E-state index in [1.807, 2.05) is 13.8 Å². The molecule has 5 rings (SSSR count). The van der Waals surface area contributed by atoms with Crippen LogP contribution in [0.5, 0.6) is 11.5 Å². The highest BCUT2D eigenvalue weighted by Gasteiger charge is 2.62. The zero-order valence-corrected chi connectivity index (χ0v) is 17.5. The molecule has 3 aliphatic rings. The molecule has 0 saturated heterocycles. The fourth-order valence-electron chi connectivity index (χ4n) is 7.53. The highest BCUT2D eigenvalue weighted by atomic mass is 16.3. The van der Waals surface area contributed by atoms with Gasteiger partial charge in [0, 0.05) is 16.5 Å². The molecule has 2 nitrogen and oxygen atoms in total. The normalized spacial score (nSPS) is 30.0. The molecule has 2 heteroatoms. The van der Waals surface area contributed by atoms with Crippen molar-refractivity contribution in [1.29, 1.82) is 0 Å². The first-order chi connectivity index (χ1) is 13.3. The van der Waals surface area contributed by atoms with Gasteiger partial charge in [-0.1, -0.05) is 35.4 Å². The molecule has 0 heterocycles. The Morgan fingerprint density at radius 2 is 1.29 bits per heavy atom. The van der Waals surface area contributed by atoms with Gasteiger partial charge in [-0.15, -0.1) is 0 Å². The van der Waals surface area contributed by atoms with Crippen LogP contribution in [-0.4, -0.2) is 10.2 Å². The predicted octanol–water partition coefficient (Wildman–Crippen LogP) is 6.07. The predicted molar refractivity (Wildman–Crippen MR) is 113 cm³/mol. The number of rotatable bonds is 2. The highest BCUT2D eigenvalue weighted by molar-refractivity contribution is 5.59. The topological polar surface area (TPSA) is 40.5 Å². The van der Waals surface area contributed by atoms with Crippen LogP contribution in [0, 0.1) is 51.4 Å². The fourth-order valence-corrected chi connectivity index (χ4v) is 7.53. The summed E-state index contributed by atoms with van der Waals surface area (Å²) in [6.07, 6.45) is 6.27. The van der Waals surface area contributed by atoms with E-state index < -0.39 is 0 Å². The van der Waals surface area contributed by atoms with Crippen molar-refractivity contribution in [3.05, 3.63) is 57.6 Å². The maximum absolute atomic E-state index is 11.2. The fraction of sp³-hybridized carbons (Fsp3) is 0.538. The summed E-state index contributed by atoms with van der Waals surface area (Å²) in [5.41, 5.74) is 6.14. The van der Waals surface area contributed by atoms with Crippen LogP contribution < -0.4 is 0 Å². The average Bonchev–Trinajstić information content (AvgIpc) is 3.34. The molecule has 3 saturated carbocycles. The smallest absolute Gasteiger partial charge is 0.122 e. The van der Waals surface area contributed by atoms with Gasteiger partial charge in [-0.2, -0.15) is 0 Å². The molecule has 2 N–H and O–H groups in total. The third-order valence-corrected chi connectivity index (χ3v) is 8.38. The Labute approximate surface area is 168 Å². The lowest BCUT2D eigenvalue weighted by molar-refractivity contribution is 0.200. The summed E-state index contributed by atoms with van der Waals surface area (Å²) in [5.74, 6) is 3.71. The standard InChI is InChI=1S/C26H32O2/c1-14-9-16(3)24(27)21(11-14)26(22-12-15(2)10-17(4)25(22)28)8-7-20-18-5-6-19(13-18)23(20)26/h9-12,18-20,23,27-28H,5-8,13H2,1-4H3. The van der Waals surface area contributed by atoms with E-state index in [1.54, 1.807) is 0 Å². The molecule has 28 heavy (non-hydrogen) atoms. The Kier molecular flexibility index (Phi) is 3.89. The summed E-state index contributed by atoms with van der Waals surface area (Å²) in [5, 5.41) is 22.5. The van der Waals surface area contributed by atoms with Crippen LogP contribution in [0.4, 0.5) is 0 Å². The summed E-state index contributed by atoms with van der Waals surface area (Å²) in [4.78, 5) is 0. The molecule has 0 aromatic heterocycles. The van der Waals surface area contributed by atoms with Gasteiger partial charge in [0.1, 0.15) is 11.5 Å². The van der Waals surface area contributed by atoms with Crippen molar-refractivity contribution in [2.24, 2.45) is 23.7 Å². The minimum absolute atomic E-state index is 0.272. The number of benzene rings is 2. The molecule has 3 aliphatic carbocycles. The number of aryl methyl sites for hydroxylation is 4. The number of fused-ring (bicyclic) bond motifs is 5. The molecule has 4 unspecified atom stereocenters. The van der Waals surface area contributed by atoms with Gasteiger partial charge in [-0.3, -0.25) is 0 Å². The van der Waals surface area contributed by atoms with Crippen LogP contribution in [0.1, 0.15) is 65.5 Å². The lowest BCUT2D eigenvalue weighted by Gasteiger charge is -2.42. The average molecular weight is 377 g/mol. The summed E-state index contributed by atoms with van der Waals surface area (Å²) in [6, 6.07) is 8.55. The maximum Gasteiger partial charge on any atom is 0.122 e. The van der Waals surface area contributed by atoms with Crippen LogP contribution in [0.15, 0.2) is 24.3 Å².